The summed E-state index contributed by atoms with van der Waals surface area (Å²) in [7, 11) is 0. The van der Waals surface area contributed by atoms with Gasteiger partial charge >= 0.3 is 0 Å². The average Bonchev–Trinajstić information content (AvgIpc) is 3.06. The molecule has 154 valence electrons. The van der Waals surface area contributed by atoms with Crippen molar-refractivity contribution in [3.8, 4) is 0 Å². The van der Waals surface area contributed by atoms with E-state index in [1.165, 1.54) is 68.1 Å². The molecular formula is C24H36ClN3. The molecule has 4 rings (SSSR count). The molecule has 1 aliphatic heterocycles. The lowest BCUT2D eigenvalue weighted by molar-refractivity contribution is 0.0894. The first-order valence-corrected chi connectivity index (χ1v) is 11.7. The molecular weight excluding hydrogens is 366 g/mol. The number of piperidine rings is 1. The molecule has 2 fully saturated rings. The summed E-state index contributed by atoms with van der Waals surface area (Å²) in [5.41, 5.74) is 8.52. The second-order valence-corrected chi connectivity index (χ2v) is 9.78. The van der Waals surface area contributed by atoms with Crippen LogP contribution in [0.2, 0.25) is 5.02 Å². The second-order valence-electron chi connectivity index (χ2n) is 9.34. The molecule has 0 spiro atoms. The Morgan fingerprint density at radius 2 is 1.75 bits per heavy atom. The fraction of sp³-hybridized carbons (Fsp3) is 0.667. The Bertz CT molecular complexity index is 780. The van der Waals surface area contributed by atoms with Crippen LogP contribution in [0.5, 0.6) is 0 Å². The highest BCUT2D eigenvalue weighted by Crippen LogP contribution is 2.36. The maximum Gasteiger partial charge on any atom is 0.0486 e. The molecule has 4 heteroatoms. The topological polar surface area (TPSA) is 34.2 Å². The quantitative estimate of drug-likeness (QED) is 0.702. The van der Waals surface area contributed by atoms with Gasteiger partial charge in [0.25, 0.3) is 0 Å². The lowest BCUT2D eigenvalue weighted by Crippen LogP contribution is -2.43. The predicted molar refractivity (Wildman–Crippen MR) is 120 cm³/mol. The zero-order valence-electron chi connectivity index (χ0n) is 17.5. The monoisotopic (exact) mass is 401 g/mol. The highest BCUT2D eigenvalue weighted by atomic mass is 35.5. The van der Waals surface area contributed by atoms with Crippen molar-refractivity contribution in [2.75, 3.05) is 19.6 Å². The molecule has 1 saturated heterocycles. The van der Waals surface area contributed by atoms with Crippen LogP contribution < -0.4 is 5.73 Å². The third-order valence-corrected chi connectivity index (χ3v) is 7.62. The Balaban J connectivity index is 1.43. The average molecular weight is 402 g/mol. The van der Waals surface area contributed by atoms with Crippen LogP contribution in [0.1, 0.15) is 64.0 Å². The molecule has 1 aromatic carbocycles. The van der Waals surface area contributed by atoms with Crippen molar-refractivity contribution < 1.29 is 0 Å². The standard InChI is InChI=1S/C24H36ClN3/c1-17(2)18-3-6-21(7-4-18)27-13-10-22(11-14-27)28-16-19(9-12-26)23-15-20(25)5-8-24(23)28/h5,8,15-18,21-22H,3-4,6-7,9-14,26H2,1-2H3/t18-,21+. The number of benzene rings is 1. The van der Waals surface area contributed by atoms with Gasteiger partial charge in [-0.3, -0.25) is 0 Å². The normalized spacial score (nSPS) is 25.0. The number of hydrogen-bond acceptors (Lipinski definition) is 2. The van der Waals surface area contributed by atoms with Gasteiger partial charge in [-0.1, -0.05) is 25.4 Å². The summed E-state index contributed by atoms with van der Waals surface area (Å²) in [6, 6.07) is 7.75. The Kier molecular flexibility index (Phi) is 6.34. The SMILES string of the molecule is CC(C)[C@H]1CC[C@@H](N2CCC(n3cc(CCN)c4cc(Cl)ccc43)CC2)CC1. The number of halogens is 1. The molecule has 0 amide bonds. The van der Waals surface area contributed by atoms with Gasteiger partial charge in [-0.15, -0.1) is 0 Å². The van der Waals surface area contributed by atoms with E-state index < -0.39 is 0 Å². The molecule has 0 bridgehead atoms. The molecule has 3 nitrogen and oxygen atoms in total. The summed E-state index contributed by atoms with van der Waals surface area (Å²) in [4.78, 5) is 2.79. The van der Waals surface area contributed by atoms with Crippen molar-refractivity contribution in [1.29, 1.82) is 0 Å². The molecule has 28 heavy (non-hydrogen) atoms. The molecule has 2 heterocycles. The van der Waals surface area contributed by atoms with Crippen LogP contribution in [0.25, 0.3) is 10.9 Å². The minimum Gasteiger partial charge on any atom is -0.344 e. The van der Waals surface area contributed by atoms with Gasteiger partial charge in [0.15, 0.2) is 0 Å². The van der Waals surface area contributed by atoms with Gasteiger partial charge in [-0.05, 0) is 87.1 Å². The first kappa shape index (κ1) is 20.3. The fourth-order valence-corrected chi connectivity index (χ4v) is 5.79. The number of likely N-dealkylation sites (tertiary alicyclic amines) is 1. The second kappa shape index (κ2) is 8.77. The van der Waals surface area contributed by atoms with E-state index in [4.69, 9.17) is 17.3 Å². The largest absolute Gasteiger partial charge is 0.344 e. The molecule has 2 N–H and O–H groups in total. The zero-order chi connectivity index (χ0) is 19.7. The molecule has 0 radical (unpaired) electrons. The third-order valence-electron chi connectivity index (χ3n) is 7.38. The van der Waals surface area contributed by atoms with Gasteiger partial charge in [-0.25, -0.2) is 0 Å². The highest BCUT2D eigenvalue weighted by Gasteiger charge is 2.30. The number of fused-ring (bicyclic) bond motifs is 1. The van der Waals surface area contributed by atoms with E-state index in [-0.39, 0.29) is 0 Å². The Morgan fingerprint density at radius 3 is 2.39 bits per heavy atom. The lowest BCUT2D eigenvalue weighted by Gasteiger charge is -2.42. The van der Waals surface area contributed by atoms with Crippen molar-refractivity contribution in [3.05, 3.63) is 35.0 Å². The van der Waals surface area contributed by atoms with Crippen molar-refractivity contribution in [2.24, 2.45) is 17.6 Å². The number of rotatable bonds is 5. The summed E-state index contributed by atoms with van der Waals surface area (Å²) in [6.45, 7) is 7.94. The van der Waals surface area contributed by atoms with Crippen molar-refractivity contribution in [3.63, 3.8) is 0 Å². The molecule has 0 unspecified atom stereocenters. The molecule has 2 aromatic rings. The van der Waals surface area contributed by atoms with E-state index in [0.29, 0.717) is 12.6 Å². The predicted octanol–water partition coefficient (Wildman–Crippen LogP) is 5.65. The van der Waals surface area contributed by atoms with Crippen LogP contribution in [0.15, 0.2) is 24.4 Å². The Morgan fingerprint density at radius 1 is 1.04 bits per heavy atom. The van der Waals surface area contributed by atoms with Crippen LogP contribution in [0.4, 0.5) is 0 Å². The van der Waals surface area contributed by atoms with Gasteiger partial charge in [0.2, 0.25) is 0 Å². The summed E-state index contributed by atoms with van der Waals surface area (Å²) < 4.78 is 2.52. The van der Waals surface area contributed by atoms with Gasteiger partial charge in [0.05, 0.1) is 0 Å². The van der Waals surface area contributed by atoms with E-state index in [9.17, 15) is 0 Å². The van der Waals surface area contributed by atoms with E-state index >= 15 is 0 Å². The Hall–Kier alpha value is -1.03. The minimum absolute atomic E-state index is 0.596. The van der Waals surface area contributed by atoms with Crippen LogP contribution in [-0.4, -0.2) is 35.1 Å². The zero-order valence-corrected chi connectivity index (χ0v) is 18.3. The summed E-state index contributed by atoms with van der Waals surface area (Å²) in [6.07, 6.45) is 11.4. The maximum absolute atomic E-state index is 6.27. The van der Waals surface area contributed by atoms with Crippen LogP contribution >= 0.6 is 11.6 Å². The first-order chi connectivity index (χ1) is 13.6. The van der Waals surface area contributed by atoms with Crippen LogP contribution in [-0.2, 0) is 6.42 Å². The number of nitrogens with two attached hydrogens (primary N) is 1. The third kappa shape index (κ3) is 4.13. The van der Waals surface area contributed by atoms with E-state index in [1.807, 2.05) is 6.07 Å². The number of nitrogens with zero attached hydrogens (tertiary/aromatic N) is 2. The summed E-state index contributed by atoms with van der Waals surface area (Å²) in [5.74, 6) is 1.80. The number of hydrogen-bond donors (Lipinski definition) is 1. The van der Waals surface area contributed by atoms with Crippen molar-refractivity contribution >= 4 is 22.5 Å². The minimum atomic E-state index is 0.596. The van der Waals surface area contributed by atoms with Crippen molar-refractivity contribution in [2.45, 2.75) is 70.9 Å². The van der Waals surface area contributed by atoms with Gasteiger partial charge in [-0.2, -0.15) is 0 Å². The summed E-state index contributed by atoms with van der Waals surface area (Å²) >= 11 is 6.27. The summed E-state index contributed by atoms with van der Waals surface area (Å²) in [5, 5.41) is 2.10. The molecule has 1 aromatic heterocycles. The molecule has 0 atom stereocenters. The van der Waals surface area contributed by atoms with Crippen LogP contribution in [0.3, 0.4) is 0 Å². The van der Waals surface area contributed by atoms with Gasteiger partial charge < -0.3 is 15.2 Å². The molecule has 1 aliphatic carbocycles. The van der Waals surface area contributed by atoms with E-state index in [0.717, 1.165) is 29.3 Å². The van der Waals surface area contributed by atoms with Crippen molar-refractivity contribution in [1.82, 2.24) is 9.47 Å². The smallest absolute Gasteiger partial charge is 0.0486 e. The van der Waals surface area contributed by atoms with Gasteiger partial charge in [0, 0.05) is 47.3 Å². The lowest BCUT2D eigenvalue weighted by atomic mass is 9.79. The number of aromatic nitrogens is 1. The Labute approximate surface area is 175 Å². The maximum atomic E-state index is 6.27. The highest BCUT2D eigenvalue weighted by molar-refractivity contribution is 6.31. The molecule has 1 saturated carbocycles. The fourth-order valence-electron chi connectivity index (χ4n) is 5.62. The first-order valence-electron chi connectivity index (χ1n) is 11.3. The van der Waals surface area contributed by atoms with E-state index in [2.05, 4.69) is 41.6 Å². The molecule has 2 aliphatic rings. The van der Waals surface area contributed by atoms with E-state index in [1.54, 1.807) is 0 Å². The van der Waals surface area contributed by atoms with Crippen LogP contribution in [0, 0.1) is 11.8 Å². The van der Waals surface area contributed by atoms with Gasteiger partial charge in [0.1, 0.15) is 0 Å².